The molecule has 1 aromatic heterocycles. The summed E-state index contributed by atoms with van der Waals surface area (Å²) in [5.74, 6) is -1.66. The molecule has 47 heavy (non-hydrogen) atoms. The molecule has 0 amide bonds. The van der Waals surface area contributed by atoms with Gasteiger partial charge in [0, 0.05) is 55.0 Å². The first-order valence-corrected chi connectivity index (χ1v) is 17.6. The Morgan fingerprint density at radius 3 is 2.17 bits per heavy atom. The van der Waals surface area contributed by atoms with E-state index in [1.54, 1.807) is 0 Å². The monoisotopic (exact) mass is 655 g/mol. The molecule has 2 aromatic rings. The highest BCUT2D eigenvalue weighted by molar-refractivity contribution is 5.81. The van der Waals surface area contributed by atoms with E-state index in [0.29, 0.717) is 5.41 Å². The number of unbranched alkanes of at least 4 members (excludes halogenated alkanes) is 1. The first kappa shape index (κ1) is 43.6. The zero-order chi connectivity index (χ0) is 36.0. The van der Waals surface area contributed by atoms with Gasteiger partial charge in [0.25, 0.3) is 0 Å². The molecule has 1 aliphatic carbocycles. The molecule has 2 unspecified atom stereocenters. The van der Waals surface area contributed by atoms with Crippen molar-refractivity contribution in [1.29, 1.82) is 0 Å². The fourth-order valence-corrected chi connectivity index (χ4v) is 5.05. The molecule has 0 spiro atoms. The molecule has 4 rings (SSSR count). The number of hydrogen-bond acceptors (Lipinski definition) is 4. The molecule has 264 valence electrons. The summed E-state index contributed by atoms with van der Waals surface area (Å²) in [5.41, 5.74) is 9.05. The summed E-state index contributed by atoms with van der Waals surface area (Å²) in [6.45, 7) is 25.8. The number of halogens is 2. The van der Waals surface area contributed by atoms with Crippen molar-refractivity contribution in [3.63, 3.8) is 0 Å². The van der Waals surface area contributed by atoms with E-state index in [1.807, 2.05) is 26.3 Å². The standard InChI is InChI=1S/C27H34N4.C5H10F2.C4H10.C2H4O.C2H6/c1-6-7-26(23-9-8-22(12-19(2)3)20(4)13-23)28-11-10-21(5)31-17-24-14-27(24,18-31)25-15-29-30-16-25;1-3-5(6,7)4-2;1-3-4-2;1-2-3;1-2/h7-13,15-16,24H,6,14,17-18H2,1-5H3,(H,29,30);3-4H2,1-2H3;3-4H2,1-2H3;2H,1H3;1-2H3/b21-10+,26-7+,28-11+;;;;. The highest BCUT2D eigenvalue weighted by Crippen LogP contribution is 2.59. The van der Waals surface area contributed by atoms with Crippen LogP contribution in [0.15, 0.2) is 59.0 Å². The third kappa shape index (κ3) is 15.0. The number of H-pyrrole nitrogens is 1. The molecule has 2 heterocycles. The second-order valence-corrected chi connectivity index (χ2v) is 12.1. The van der Waals surface area contributed by atoms with E-state index in [2.05, 4.69) is 106 Å². The van der Waals surface area contributed by atoms with Crippen LogP contribution in [0.4, 0.5) is 8.78 Å². The summed E-state index contributed by atoms with van der Waals surface area (Å²) in [7, 11) is 0. The van der Waals surface area contributed by atoms with Crippen molar-refractivity contribution in [2.24, 2.45) is 10.9 Å². The average molecular weight is 655 g/mol. The van der Waals surface area contributed by atoms with Crippen molar-refractivity contribution >= 4 is 24.3 Å². The van der Waals surface area contributed by atoms with E-state index < -0.39 is 5.92 Å². The number of hydrogen-bond donors (Lipinski definition) is 1. The third-order valence-electron chi connectivity index (χ3n) is 8.19. The van der Waals surface area contributed by atoms with E-state index in [1.165, 1.54) is 73.6 Å². The predicted molar refractivity (Wildman–Crippen MR) is 200 cm³/mol. The molecule has 1 aromatic carbocycles. The van der Waals surface area contributed by atoms with Gasteiger partial charge in [0.05, 0.1) is 11.9 Å². The molecule has 0 bridgehead atoms. The van der Waals surface area contributed by atoms with E-state index >= 15 is 0 Å². The summed E-state index contributed by atoms with van der Waals surface area (Å²) < 4.78 is 23.8. The summed E-state index contributed by atoms with van der Waals surface area (Å²) in [6, 6.07) is 6.62. The number of alkyl halides is 2. The second kappa shape index (κ2) is 23.1. The molecule has 2 fully saturated rings. The van der Waals surface area contributed by atoms with Gasteiger partial charge in [-0.1, -0.05) is 91.2 Å². The molecular weight excluding hydrogens is 590 g/mol. The number of fused-ring (bicyclic) bond motifs is 1. The Kier molecular flexibility index (Phi) is 21.4. The SMILES string of the molecule is CC.CC/C=C(/N=C/C=C(\C)N1CC2CC2(c2cn[nH]c2)C1)c1ccc(C=C(C)C)c(C)c1.CC=O.CCC(F)(F)CC.CCCC. The summed E-state index contributed by atoms with van der Waals surface area (Å²) in [5, 5.41) is 7.14. The number of nitrogens with zero attached hydrogens (tertiary/aromatic N) is 3. The second-order valence-electron chi connectivity index (χ2n) is 12.1. The maximum Gasteiger partial charge on any atom is 0.247 e. The first-order chi connectivity index (χ1) is 22.4. The number of aliphatic imine (C=N–C) groups is 1. The lowest BCUT2D eigenvalue weighted by atomic mass is 9.99. The van der Waals surface area contributed by atoms with Gasteiger partial charge in [-0.25, -0.2) is 8.78 Å². The van der Waals surface area contributed by atoms with Crippen molar-refractivity contribution in [2.75, 3.05) is 13.1 Å². The number of carbonyl (C=O) groups is 1. The van der Waals surface area contributed by atoms with Gasteiger partial charge in [0.2, 0.25) is 5.92 Å². The predicted octanol–water partition coefficient (Wildman–Crippen LogP) is 11.6. The van der Waals surface area contributed by atoms with Crippen LogP contribution in [-0.4, -0.2) is 46.6 Å². The number of rotatable bonds is 10. The molecule has 1 aliphatic heterocycles. The number of nitrogens with one attached hydrogen (secondary N) is 1. The Morgan fingerprint density at radius 2 is 1.72 bits per heavy atom. The summed E-state index contributed by atoms with van der Waals surface area (Å²) in [4.78, 5) is 16.1. The molecular formula is C40H64F2N4O. The van der Waals surface area contributed by atoms with Crippen LogP contribution in [0.1, 0.15) is 137 Å². The number of likely N-dealkylation sites (tertiary alicyclic amines) is 1. The third-order valence-corrected chi connectivity index (χ3v) is 8.19. The van der Waals surface area contributed by atoms with Gasteiger partial charge in [-0.2, -0.15) is 5.10 Å². The molecule has 0 radical (unpaired) electrons. The topological polar surface area (TPSA) is 61.4 Å². The molecule has 2 atom stereocenters. The average Bonchev–Trinajstić information content (AvgIpc) is 3.38. The van der Waals surface area contributed by atoms with Crippen molar-refractivity contribution in [2.45, 2.75) is 133 Å². The van der Waals surface area contributed by atoms with Gasteiger partial charge in [-0.15, -0.1) is 0 Å². The van der Waals surface area contributed by atoms with E-state index in [-0.39, 0.29) is 12.8 Å². The van der Waals surface area contributed by atoms with E-state index in [9.17, 15) is 8.78 Å². The quantitative estimate of drug-likeness (QED) is 0.205. The largest absolute Gasteiger partial charge is 0.374 e. The smallest absolute Gasteiger partial charge is 0.247 e. The number of aldehydes is 1. The normalized spacial score (nSPS) is 18.3. The molecule has 5 nitrogen and oxygen atoms in total. The van der Waals surface area contributed by atoms with Gasteiger partial charge < -0.3 is 9.69 Å². The number of carbonyl (C=O) groups excluding carboxylic acids is 1. The number of benzene rings is 1. The number of aromatic amines is 1. The lowest BCUT2D eigenvalue weighted by molar-refractivity contribution is -0.106. The molecule has 1 N–H and O–H groups in total. The Balaban J connectivity index is 0.00000111. The lowest BCUT2D eigenvalue weighted by Gasteiger charge is -2.23. The van der Waals surface area contributed by atoms with Crippen molar-refractivity contribution < 1.29 is 13.6 Å². The zero-order valence-corrected chi connectivity index (χ0v) is 31.5. The highest BCUT2D eigenvalue weighted by Gasteiger charge is 2.61. The van der Waals surface area contributed by atoms with Gasteiger partial charge in [0.1, 0.15) is 6.29 Å². The summed E-state index contributed by atoms with van der Waals surface area (Å²) >= 11 is 0. The van der Waals surface area contributed by atoms with Crippen LogP contribution in [0.3, 0.4) is 0 Å². The van der Waals surface area contributed by atoms with E-state index in [0.717, 1.165) is 37.4 Å². The number of aromatic nitrogens is 2. The fraction of sp³-hybridized carbons (Fsp3) is 0.575. The van der Waals surface area contributed by atoms with Crippen LogP contribution in [0.25, 0.3) is 11.8 Å². The van der Waals surface area contributed by atoms with Crippen molar-refractivity contribution in [3.05, 3.63) is 76.3 Å². The molecule has 2 aliphatic rings. The van der Waals surface area contributed by atoms with Gasteiger partial charge in [-0.3, -0.25) is 10.1 Å². The van der Waals surface area contributed by atoms with Gasteiger partial charge in [-0.05, 0) is 82.2 Å². The minimum Gasteiger partial charge on any atom is -0.374 e. The van der Waals surface area contributed by atoms with Crippen molar-refractivity contribution in [1.82, 2.24) is 15.1 Å². The Morgan fingerprint density at radius 1 is 1.11 bits per heavy atom. The van der Waals surface area contributed by atoms with Crippen LogP contribution >= 0.6 is 0 Å². The Bertz CT molecular complexity index is 1270. The Labute approximate surface area is 285 Å². The van der Waals surface area contributed by atoms with Crippen LogP contribution in [-0.2, 0) is 10.2 Å². The minimum absolute atomic E-state index is 0.0382. The van der Waals surface area contributed by atoms with Crippen molar-refractivity contribution in [3.8, 4) is 0 Å². The van der Waals surface area contributed by atoms with Crippen LogP contribution in [0, 0.1) is 12.8 Å². The maximum atomic E-state index is 11.9. The van der Waals surface area contributed by atoms with Gasteiger partial charge >= 0.3 is 0 Å². The van der Waals surface area contributed by atoms with Gasteiger partial charge in [0.15, 0.2) is 0 Å². The maximum absolute atomic E-state index is 11.9. The molecule has 1 saturated carbocycles. The summed E-state index contributed by atoms with van der Waals surface area (Å²) in [6.07, 6.45) is 18.2. The van der Waals surface area contributed by atoms with Crippen LogP contribution in [0.2, 0.25) is 0 Å². The molecule has 7 heteroatoms. The fourth-order valence-electron chi connectivity index (χ4n) is 5.05. The number of allylic oxidation sites excluding steroid dienone is 4. The first-order valence-electron chi connectivity index (χ1n) is 17.6. The zero-order valence-electron chi connectivity index (χ0n) is 31.5. The highest BCUT2D eigenvalue weighted by atomic mass is 19.3. The van der Waals surface area contributed by atoms with Crippen LogP contribution in [0.5, 0.6) is 0 Å². The molecule has 1 saturated heterocycles. The lowest BCUT2D eigenvalue weighted by Crippen LogP contribution is -2.24. The minimum atomic E-state index is -2.42. The van der Waals surface area contributed by atoms with E-state index in [4.69, 9.17) is 9.79 Å². The van der Waals surface area contributed by atoms with Crippen LogP contribution < -0.4 is 0 Å². The number of piperidine rings is 1. The Hall–Kier alpha value is -3.35. The number of aryl methyl sites for hydroxylation is 1.